The molecular weight excluding hydrogens is 214 g/mol. The van der Waals surface area contributed by atoms with Crippen LogP contribution in [-0.4, -0.2) is 19.0 Å². The van der Waals surface area contributed by atoms with Crippen LogP contribution in [0, 0.1) is 11.8 Å². The normalized spacial score (nSPS) is 9.29. The van der Waals surface area contributed by atoms with Gasteiger partial charge in [0.2, 0.25) is 5.91 Å². The highest BCUT2D eigenvalue weighted by molar-refractivity contribution is 5.90. The van der Waals surface area contributed by atoms with E-state index in [-0.39, 0.29) is 5.91 Å². The van der Waals surface area contributed by atoms with Crippen LogP contribution >= 0.6 is 0 Å². The lowest BCUT2D eigenvalue weighted by Gasteiger charge is -2.04. The second-order valence-corrected chi connectivity index (χ2v) is 3.52. The van der Waals surface area contributed by atoms with E-state index in [9.17, 15) is 4.79 Å². The van der Waals surface area contributed by atoms with Crippen LogP contribution in [0.2, 0.25) is 0 Å². The molecule has 0 saturated carbocycles. The van der Waals surface area contributed by atoms with E-state index >= 15 is 0 Å². The summed E-state index contributed by atoms with van der Waals surface area (Å²) in [5.41, 5.74) is 12.3. The fraction of sp³-hybridized carbons (Fsp3) is 0.308. The number of nitrogens with two attached hydrogens (primary N) is 2. The number of carbonyl (C=O) groups excluding carboxylic acids is 1. The molecule has 5 N–H and O–H groups in total. The number of hydrogen-bond donors (Lipinski definition) is 3. The first-order valence-corrected chi connectivity index (χ1v) is 5.55. The van der Waals surface area contributed by atoms with Crippen LogP contribution in [0.25, 0.3) is 0 Å². The first-order valence-electron chi connectivity index (χ1n) is 5.55. The molecule has 0 unspecified atom stereocenters. The van der Waals surface area contributed by atoms with Crippen molar-refractivity contribution in [2.24, 2.45) is 11.5 Å². The Kier molecular flexibility index (Phi) is 5.80. The molecule has 4 heteroatoms. The summed E-state index contributed by atoms with van der Waals surface area (Å²) in [6, 6.07) is 7.34. The van der Waals surface area contributed by atoms with Crippen LogP contribution in [0.3, 0.4) is 0 Å². The maximum Gasteiger partial charge on any atom is 0.224 e. The molecule has 0 heterocycles. The number of benzene rings is 1. The van der Waals surface area contributed by atoms with Crippen LogP contribution < -0.4 is 16.8 Å². The molecule has 90 valence electrons. The summed E-state index contributed by atoms with van der Waals surface area (Å²) >= 11 is 0. The third-order valence-electron chi connectivity index (χ3n) is 2.11. The predicted octanol–water partition coefficient (Wildman–Crippen LogP) is 0.674. The van der Waals surface area contributed by atoms with Crippen molar-refractivity contribution in [1.82, 2.24) is 0 Å². The Labute approximate surface area is 101 Å². The van der Waals surface area contributed by atoms with Gasteiger partial charge in [-0.3, -0.25) is 4.79 Å². The van der Waals surface area contributed by atoms with Crippen molar-refractivity contribution in [3.8, 4) is 11.8 Å². The lowest BCUT2D eigenvalue weighted by atomic mass is 10.2. The minimum atomic E-state index is -0.0174. The van der Waals surface area contributed by atoms with Crippen molar-refractivity contribution in [2.45, 2.75) is 12.8 Å². The Morgan fingerprint density at radius 3 is 2.53 bits per heavy atom. The van der Waals surface area contributed by atoms with E-state index in [0.717, 1.165) is 11.3 Å². The molecule has 0 aliphatic heterocycles. The van der Waals surface area contributed by atoms with Gasteiger partial charge in [0.1, 0.15) is 0 Å². The highest BCUT2D eigenvalue weighted by Crippen LogP contribution is 2.09. The van der Waals surface area contributed by atoms with Gasteiger partial charge in [0.15, 0.2) is 0 Å². The van der Waals surface area contributed by atoms with E-state index in [4.69, 9.17) is 11.5 Å². The summed E-state index contributed by atoms with van der Waals surface area (Å²) in [4.78, 5) is 11.4. The summed E-state index contributed by atoms with van der Waals surface area (Å²) in [5.74, 6) is 5.67. The molecule has 0 atom stereocenters. The lowest BCUT2D eigenvalue weighted by molar-refractivity contribution is -0.116. The summed E-state index contributed by atoms with van der Waals surface area (Å²) in [7, 11) is 0. The number of rotatable bonds is 4. The molecule has 1 rings (SSSR count). The van der Waals surface area contributed by atoms with Gasteiger partial charge in [0, 0.05) is 17.7 Å². The van der Waals surface area contributed by atoms with Gasteiger partial charge in [0.05, 0.1) is 6.54 Å². The van der Waals surface area contributed by atoms with E-state index in [1.807, 2.05) is 24.3 Å². The smallest absolute Gasteiger partial charge is 0.224 e. The quantitative estimate of drug-likeness (QED) is 0.666. The maximum absolute atomic E-state index is 11.4. The van der Waals surface area contributed by atoms with Crippen molar-refractivity contribution < 1.29 is 4.79 Å². The second-order valence-electron chi connectivity index (χ2n) is 3.52. The molecule has 0 aromatic heterocycles. The number of amides is 1. The van der Waals surface area contributed by atoms with Crippen LogP contribution in [-0.2, 0) is 4.79 Å². The Balaban J connectivity index is 2.53. The van der Waals surface area contributed by atoms with E-state index in [1.54, 1.807) is 0 Å². The number of anilines is 1. The molecule has 0 bridgehead atoms. The van der Waals surface area contributed by atoms with Crippen molar-refractivity contribution in [2.75, 3.05) is 18.4 Å². The Morgan fingerprint density at radius 2 is 1.94 bits per heavy atom. The van der Waals surface area contributed by atoms with E-state index in [1.165, 1.54) is 0 Å². The van der Waals surface area contributed by atoms with Crippen LogP contribution in [0.4, 0.5) is 5.69 Å². The number of nitrogens with one attached hydrogen (secondary N) is 1. The molecular formula is C13H17N3O. The molecule has 0 saturated heterocycles. The highest BCUT2D eigenvalue weighted by atomic mass is 16.1. The number of hydrogen-bond acceptors (Lipinski definition) is 3. The molecule has 1 amide bonds. The minimum Gasteiger partial charge on any atom is -0.330 e. The van der Waals surface area contributed by atoms with Gasteiger partial charge in [-0.15, -0.1) is 0 Å². The zero-order chi connectivity index (χ0) is 12.5. The molecule has 4 nitrogen and oxygen atoms in total. The Hall–Kier alpha value is -1.83. The molecule has 0 aliphatic rings. The van der Waals surface area contributed by atoms with Gasteiger partial charge in [-0.1, -0.05) is 11.8 Å². The fourth-order valence-corrected chi connectivity index (χ4v) is 1.28. The zero-order valence-corrected chi connectivity index (χ0v) is 9.70. The molecule has 1 aromatic rings. The molecule has 1 aromatic carbocycles. The van der Waals surface area contributed by atoms with E-state index in [0.29, 0.717) is 25.9 Å². The Bertz CT molecular complexity index is 415. The molecule has 17 heavy (non-hydrogen) atoms. The largest absolute Gasteiger partial charge is 0.330 e. The topological polar surface area (TPSA) is 81.1 Å². The molecule has 0 fully saturated rings. The molecule has 0 radical (unpaired) electrons. The van der Waals surface area contributed by atoms with E-state index in [2.05, 4.69) is 17.2 Å². The third-order valence-corrected chi connectivity index (χ3v) is 2.11. The minimum absolute atomic E-state index is 0.0174. The SMILES string of the molecule is NCC#Cc1ccc(NC(=O)CCCN)cc1. The second kappa shape index (κ2) is 7.44. The van der Waals surface area contributed by atoms with Crippen molar-refractivity contribution in [1.29, 1.82) is 0 Å². The van der Waals surface area contributed by atoms with Crippen LogP contribution in [0.1, 0.15) is 18.4 Å². The fourth-order valence-electron chi connectivity index (χ4n) is 1.28. The first-order chi connectivity index (χ1) is 8.26. The third kappa shape index (κ3) is 5.16. The summed E-state index contributed by atoms with van der Waals surface area (Å²) in [6.45, 7) is 0.874. The van der Waals surface area contributed by atoms with Gasteiger partial charge < -0.3 is 16.8 Å². The summed E-state index contributed by atoms with van der Waals surface area (Å²) in [6.07, 6.45) is 1.15. The summed E-state index contributed by atoms with van der Waals surface area (Å²) < 4.78 is 0. The molecule has 0 aliphatic carbocycles. The number of carbonyl (C=O) groups is 1. The van der Waals surface area contributed by atoms with Gasteiger partial charge in [-0.25, -0.2) is 0 Å². The average Bonchev–Trinajstić information content (AvgIpc) is 2.35. The van der Waals surface area contributed by atoms with Gasteiger partial charge in [0.25, 0.3) is 0 Å². The van der Waals surface area contributed by atoms with Crippen molar-refractivity contribution >= 4 is 11.6 Å². The molecule has 0 spiro atoms. The van der Waals surface area contributed by atoms with Gasteiger partial charge in [-0.05, 0) is 37.2 Å². The zero-order valence-electron chi connectivity index (χ0n) is 9.70. The van der Waals surface area contributed by atoms with Crippen LogP contribution in [0.5, 0.6) is 0 Å². The van der Waals surface area contributed by atoms with Crippen molar-refractivity contribution in [3.63, 3.8) is 0 Å². The summed E-state index contributed by atoms with van der Waals surface area (Å²) in [5, 5.41) is 2.79. The van der Waals surface area contributed by atoms with Gasteiger partial charge >= 0.3 is 0 Å². The Morgan fingerprint density at radius 1 is 1.24 bits per heavy atom. The monoisotopic (exact) mass is 231 g/mol. The van der Waals surface area contributed by atoms with Crippen molar-refractivity contribution in [3.05, 3.63) is 29.8 Å². The standard InChI is InChI=1S/C13H17N3O/c14-9-1-3-11-5-7-12(8-6-11)16-13(17)4-2-10-15/h5-8H,2,4,9-10,14-15H2,(H,16,17). The maximum atomic E-state index is 11.4. The predicted molar refractivity (Wildman–Crippen MR) is 69.3 cm³/mol. The van der Waals surface area contributed by atoms with Crippen LogP contribution in [0.15, 0.2) is 24.3 Å². The lowest BCUT2D eigenvalue weighted by Crippen LogP contribution is -2.13. The average molecular weight is 231 g/mol. The van der Waals surface area contributed by atoms with Gasteiger partial charge in [-0.2, -0.15) is 0 Å². The highest BCUT2D eigenvalue weighted by Gasteiger charge is 2.00. The van der Waals surface area contributed by atoms with E-state index < -0.39 is 0 Å². The first kappa shape index (κ1) is 13.2.